The van der Waals surface area contributed by atoms with E-state index in [0.717, 1.165) is 37.3 Å². The Morgan fingerprint density at radius 2 is 1.86 bits per heavy atom. The molecule has 0 spiro atoms. The maximum absolute atomic E-state index is 12.7. The fraction of sp³-hybridized carbons (Fsp3) is 0.421. The molecule has 0 atom stereocenters. The molecule has 1 aromatic carbocycles. The summed E-state index contributed by atoms with van der Waals surface area (Å²) < 4.78 is 6.82. The van der Waals surface area contributed by atoms with E-state index in [1.165, 1.54) is 24.2 Å². The van der Waals surface area contributed by atoms with Gasteiger partial charge in [0, 0.05) is 6.54 Å². The Hall–Kier alpha value is -0.820. The number of amides is 2. The molecule has 1 aliphatic heterocycles. The van der Waals surface area contributed by atoms with E-state index < -0.39 is 12.6 Å². The lowest BCUT2D eigenvalue weighted by Crippen LogP contribution is -2.34. The highest BCUT2D eigenvalue weighted by Crippen LogP contribution is 2.36. The van der Waals surface area contributed by atoms with Gasteiger partial charge in [0.15, 0.2) is 6.61 Å². The molecule has 2 fully saturated rings. The van der Waals surface area contributed by atoms with E-state index in [1.54, 1.807) is 6.08 Å². The maximum Gasteiger partial charge on any atom is 0.341 e. The van der Waals surface area contributed by atoms with Crippen LogP contribution in [0.15, 0.2) is 17.0 Å². The summed E-state index contributed by atoms with van der Waals surface area (Å²) in [5.41, 5.74) is 0.777. The zero-order valence-corrected chi connectivity index (χ0v) is 20.1. The second kappa shape index (κ2) is 9.79. The van der Waals surface area contributed by atoms with Crippen LogP contribution in [0.4, 0.5) is 4.79 Å². The van der Waals surface area contributed by atoms with Gasteiger partial charge in [-0.3, -0.25) is 14.5 Å². The number of carbonyl (C=O) groups is 3. The van der Waals surface area contributed by atoms with Crippen LogP contribution in [-0.2, 0) is 9.59 Å². The Kier molecular flexibility index (Phi) is 7.65. The van der Waals surface area contributed by atoms with Crippen LogP contribution in [0.3, 0.4) is 0 Å². The number of halogens is 2. The van der Waals surface area contributed by atoms with Crippen LogP contribution in [0.25, 0.3) is 6.08 Å². The van der Waals surface area contributed by atoms with Crippen LogP contribution in [0.5, 0.6) is 5.75 Å². The number of carboxylic acid groups (broad SMARTS) is 1. The summed E-state index contributed by atoms with van der Waals surface area (Å²) in [5, 5.41) is 8.58. The first-order valence-corrected chi connectivity index (χ1v) is 11.9. The van der Waals surface area contributed by atoms with Crippen LogP contribution in [0, 0.1) is 13.1 Å². The SMILES string of the molecule is O=C(O)COc1c(I)cc(/C=C2/SC(=O)N(CC3CCCCC3)C2=O)cc1I. The van der Waals surface area contributed by atoms with Gasteiger partial charge < -0.3 is 9.84 Å². The first-order valence-electron chi connectivity index (χ1n) is 8.94. The van der Waals surface area contributed by atoms with Crippen LogP contribution >= 0.6 is 56.9 Å². The quantitative estimate of drug-likeness (QED) is 0.354. The molecule has 3 rings (SSSR count). The lowest BCUT2D eigenvalue weighted by Gasteiger charge is -2.25. The summed E-state index contributed by atoms with van der Waals surface area (Å²) >= 11 is 5.13. The Balaban J connectivity index is 1.75. The van der Waals surface area contributed by atoms with Gasteiger partial charge in [0.25, 0.3) is 11.1 Å². The second-order valence-corrected chi connectivity index (χ2v) is 10.1. The molecule has 1 heterocycles. The number of ether oxygens (including phenoxy) is 1. The van der Waals surface area contributed by atoms with E-state index in [9.17, 15) is 14.4 Å². The highest BCUT2D eigenvalue weighted by Gasteiger charge is 2.36. The zero-order valence-electron chi connectivity index (χ0n) is 15.0. The molecule has 0 radical (unpaired) electrons. The van der Waals surface area contributed by atoms with Crippen molar-refractivity contribution in [1.82, 2.24) is 4.90 Å². The Bertz CT molecular complexity index is 813. The van der Waals surface area contributed by atoms with Crippen molar-refractivity contribution in [3.8, 4) is 5.75 Å². The predicted octanol–water partition coefficient (Wildman–Crippen LogP) is 4.98. The highest BCUT2D eigenvalue weighted by molar-refractivity contribution is 14.1. The van der Waals surface area contributed by atoms with Crippen molar-refractivity contribution in [1.29, 1.82) is 0 Å². The van der Waals surface area contributed by atoms with Crippen molar-refractivity contribution in [3.05, 3.63) is 29.7 Å². The molecular formula is C19H19I2NO5S. The summed E-state index contributed by atoms with van der Waals surface area (Å²) in [6.45, 7) is 0.102. The van der Waals surface area contributed by atoms with Crippen LogP contribution in [0.1, 0.15) is 37.7 Å². The number of aliphatic carboxylic acids is 1. The third kappa shape index (κ3) is 5.41. The fourth-order valence-electron chi connectivity index (χ4n) is 3.37. The number of hydrogen-bond donors (Lipinski definition) is 1. The van der Waals surface area contributed by atoms with Gasteiger partial charge >= 0.3 is 5.97 Å². The number of thioether (sulfide) groups is 1. The summed E-state index contributed by atoms with van der Waals surface area (Å²) in [6, 6.07) is 3.63. The van der Waals surface area contributed by atoms with Crippen molar-refractivity contribution < 1.29 is 24.2 Å². The molecule has 1 aliphatic carbocycles. The lowest BCUT2D eigenvalue weighted by molar-refractivity contribution is -0.139. The summed E-state index contributed by atoms with van der Waals surface area (Å²) in [5.74, 6) is -0.348. The average Bonchev–Trinajstić information content (AvgIpc) is 2.89. The van der Waals surface area contributed by atoms with E-state index in [2.05, 4.69) is 45.2 Å². The van der Waals surface area contributed by atoms with Crippen LogP contribution in [0.2, 0.25) is 0 Å². The van der Waals surface area contributed by atoms with Gasteiger partial charge in [0.1, 0.15) is 5.75 Å². The van der Waals surface area contributed by atoms with Gasteiger partial charge in [-0.25, -0.2) is 4.79 Å². The summed E-state index contributed by atoms with van der Waals surface area (Å²) in [6.07, 6.45) is 7.45. The second-order valence-electron chi connectivity index (χ2n) is 6.79. The largest absolute Gasteiger partial charge is 0.480 e. The maximum atomic E-state index is 12.7. The third-order valence-electron chi connectivity index (χ3n) is 4.70. The standard InChI is InChI=1S/C19H19I2NO5S/c20-13-6-12(7-14(21)17(13)27-10-16(23)24)8-15-18(25)22(19(26)28-15)9-11-4-2-1-3-5-11/h6-8,11H,1-5,9-10H2,(H,23,24)/b15-8+. The van der Waals surface area contributed by atoms with Gasteiger partial charge in [0.05, 0.1) is 12.0 Å². The lowest BCUT2D eigenvalue weighted by atomic mass is 9.89. The molecule has 2 amide bonds. The minimum Gasteiger partial charge on any atom is -0.480 e. The molecule has 1 aromatic rings. The number of imide groups is 1. The molecule has 1 N–H and O–H groups in total. The number of benzene rings is 1. The van der Waals surface area contributed by atoms with E-state index in [4.69, 9.17) is 9.84 Å². The molecule has 0 unspecified atom stereocenters. The normalized spacial score (nSPS) is 19.5. The Morgan fingerprint density at radius 1 is 1.21 bits per heavy atom. The first-order chi connectivity index (χ1) is 13.3. The molecular weight excluding hydrogens is 608 g/mol. The van der Waals surface area contributed by atoms with Gasteiger partial charge in [-0.05, 0) is 99.5 Å². The number of carbonyl (C=O) groups excluding carboxylic acids is 2. The monoisotopic (exact) mass is 627 g/mol. The molecule has 6 nitrogen and oxygen atoms in total. The summed E-state index contributed by atoms with van der Waals surface area (Å²) in [7, 11) is 0. The summed E-state index contributed by atoms with van der Waals surface area (Å²) in [4.78, 5) is 37.6. The molecule has 0 aromatic heterocycles. The number of hydrogen-bond acceptors (Lipinski definition) is 5. The minimum atomic E-state index is -1.04. The van der Waals surface area contributed by atoms with Crippen molar-refractivity contribution >= 4 is 80.1 Å². The molecule has 9 heteroatoms. The molecule has 0 bridgehead atoms. The van der Waals surface area contributed by atoms with E-state index in [1.807, 2.05) is 12.1 Å². The fourth-order valence-corrected chi connectivity index (χ4v) is 6.35. The highest BCUT2D eigenvalue weighted by atomic mass is 127. The smallest absolute Gasteiger partial charge is 0.341 e. The van der Waals surface area contributed by atoms with Gasteiger partial charge in [0.2, 0.25) is 0 Å². The zero-order chi connectivity index (χ0) is 20.3. The third-order valence-corrected chi connectivity index (χ3v) is 7.21. The van der Waals surface area contributed by atoms with Gasteiger partial charge in [-0.2, -0.15) is 0 Å². The first kappa shape index (κ1) is 21.9. The molecule has 1 saturated heterocycles. The van der Waals surface area contributed by atoms with Crippen molar-refractivity contribution in [2.24, 2.45) is 5.92 Å². The number of nitrogens with zero attached hydrogens (tertiary/aromatic N) is 1. The average molecular weight is 627 g/mol. The van der Waals surface area contributed by atoms with Crippen molar-refractivity contribution in [3.63, 3.8) is 0 Å². The predicted molar refractivity (Wildman–Crippen MR) is 124 cm³/mol. The topological polar surface area (TPSA) is 83.9 Å². The van der Waals surface area contributed by atoms with Crippen molar-refractivity contribution in [2.45, 2.75) is 32.1 Å². The van der Waals surface area contributed by atoms with Gasteiger partial charge in [-0.1, -0.05) is 19.3 Å². The number of rotatable bonds is 6. The van der Waals surface area contributed by atoms with E-state index in [-0.39, 0.29) is 11.1 Å². The number of carboxylic acids is 1. The minimum absolute atomic E-state index is 0.201. The molecule has 2 aliphatic rings. The van der Waals surface area contributed by atoms with Crippen LogP contribution < -0.4 is 4.74 Å². The molecule has 1 saturated carbocycles. The van der Waals surface area contributed by atoms with Gasteiger partial charge in [-0.15, -0.1) is 0 Å². The van der Waals surface area contributed by atoms with Crippen molar-refractivity contribution in [2.75, 3.05) is 13.2 Å². The Morgan fingerprint density at radius 3 is 2.46 bits per heavy atom. The Labute approximate surface area is 194 Å². The molecule has 150 valence electrons. The molecule has 28 heavy (non-hydrogen) atoms. The van der Waals surface area contributed by atoms with Crippen LogP contribution in [-0.4, -0.2) is 40.3 Å². The van der Waals surface area contributed by atoms with E-state index in [0.29, 0.717) is 23.1 Å². The van der Waals surface area contributed by atoms with E-state index >= 15 is 0 Å².